The number of likely N-dealkylation sites (N-methyl/N-ethyl adjacent to an activating group) is 1. The lowest BCUT2D eigenvalue weighted by Gasteiger charge is -2.31. The van der Waals surface area contributed by atoms with Gasteiger partial charge in [0.2, 0.25) is 10.0 Å². The molecule has 0 bridgehead atoms. The molecular weight excluding hydrogens is 420 g/mol. The molecule has 1 aliphatic rings. The van der Waals surface area contributed by atoms with Crippen LogP contribution >= 0.6 is 0 Å². The maximum atomic E-state index is 12.9. The monoisotopic (exact) mass is 446 g/mol. The number of aromatic nitrogens is 1. The van der Waals surface area contributed by atoms with Gasteiger partial charge in [0, 0.05) is 31.9 Å². The highest BCUT2D eigenvalue weighted by atomic mass is 32.2. The highest BCUT2D eigenvalue weighted by Crippen LogP contribution is 2.21. The Bertz CT molecular complexity index is 1080. The molecule has 2 aromatic rings. The molecule has 9 nitrogen and oxygen atoms in total. The standard InChI is InChI=1S/C21H26N4O5S/c1-4-30-21(27)18-8-9-19(22-15(18)2)20(26)23-16-6-5-7-17(14-16)31(28,29)25-12-10-24(3)11-13-25/h5-9,14H,4,10-13H2,1-3H3,(H,23,26). The van der Waals surface area contributed by atoms with Crippen LogP contribution in [0.5, 0.6) is 0 Å². The van der Waals surface area contributed by atoms with Gasteiger partial charge in [-0.25, -0.2) is 18.2 Å². The average molecular weight is 447 g/mol. The number of sulfonamides is 1. The molecule has 3 rings (SSSR count). The van der Waals surface area contributed by atoms with Crippen molar-refractivity contribution in [2.24, 2.45) is 0 Å². The normalized spacial score (nSPS) is 15.5. The number of ether oxygens (including phenoxy) is 1. The van der Waals surface area contributed by atoms with Crippen LogP contribution in [0, 0.1) is 6.92 Å². The van der Waals surface area contributed by atoms with Gasteiger partial charge in [-0.1, -0.05) is 6.07 Å². The first-order chi connectivity index (χ1) is 14.7. The third kappa shape index (κ3) is 5.27. The molecular formula is C21H26N4O5S. The van der Waals surface area contributed by atoms with Gasteiger partial charge < -0.3 is 15.0 Å². The Kier molecular flexibility index (Phi) is 7.04. The molecule has 0 saturated carbocycles. The molecule has 31 heavy (non-hydrogen) atoms. The minimum Gasteiger partial charge on any atom is -0.462 e. The second-order valence-electron chi connectivity index (χ2n) is 7.24. The number of rotatable bonds is 6. The summed E-state index contributed by atoms with van der Waals surface area (Å²) in [5.41, 5.74) is 1.11. The van der Waals surface area contributed by atoms with Crippen LogP contribution in [0.1, 0.15) is 33.5 Å². The molecule has 1 saturated heterocycles. The molecule has 10 heteroatoms. The van der Waals surface area contributed by atoms with Gasteiger partial charge in [0.15, 0.2) is 0 Å². The lowest BCUT2D eigenvalue weighted by molar-refractivity contribution is 0.0524. The van der Waals surface area contributed by atoms with Gasteiger partial charge in [0.1, 0.15) is 5.69 Å². The van der Waals surface area contributed by atoms with Crippen molar-refractivity contribution in [3.05, 3.63) is 53.3 Å². The van der Waals surface area contributed by atoms with Crippen molar-refractivity contribution in [2.75, 3.05) is 45.2 Å². The summed E-state index contributed by atoms with van der Waals surface area (Å²) >= 11 is 0. The van der Waals surface area contributed by atoms with Crippen molar-refractivity contribution < 1.29 is 22.7 Å². The second kappa shape index (κ2) is 9.54. The fourth-order valence-corrected chi connectivity index (χ4v) is 4.69. The van der Waals surface area contributed by atoms with E-state index in [1.54, 1.807) is 26.0 Å². The zero-order valence-corrected chi connectivity index (χ0v) is 18.6. The van der Waals surface area contributed by atoms with E-state index in [-0.39, 0.29) is 17.2 Å². The van der Waals surface area contributed by atoms with E-state index in [2.05, 4.69) is 15.2 Å². The molecule has 1 aliphatic heterocycles. The smallest absolute Gasteiger partial charge is 0.339 e. The summed E-state index contributed by atoms with van der Waals surface area (Å²) in [5.74, 6) is -1.01. The summed E-state index contributed by atoms with van der Waals surface area (Å²) < 4.78 is 32.3. The first kappa shape index (κ1) is 22.9. The van der Waals surface area contributed by atoms with Crippen molar-refractivity contribution in [3.63, 3.8) is 0 Å². The SMILES string of the molecule is CCOC(=O)c1ccc(C(=O)Nc2cccc(S(=O)(=O)N3CCN(C)CC3)c2)nc1C. The van der Waals surface area contributed by atoms with Gasteiger partial charge in [-0.15, -0.1) is 0 Å². The maximum Gasteiger partial charge on any atom is 0.339 e. The van der Waals surface area contributed by atoms with Gasteiger partial charge in [0.25, 0.3) is 5.91 Å². The lowest BCUT2D eigenvalue weighted by atomic mass is 10.2. The summed E-state index contributed by atoms with van der Waals surface area (Å²) in [5, 5.41) is 2.67. The maximum absolute atomic E-state index is 12.9. The number of hydrogen-bond donors (Lipinski definition) is 1. The molecule has 1 fully saturated rings. The molecule has 0 unspecified atom stereocenters. The van der Waals surface area contributed by atoms with Crippen LogP contribution in [0.4, 0.5) is 5.69 Å². The van der Waals surface area contributed by atoms with Gasteiger partial charge in [0.05, 0.1) is 22.8 Å². The number of anilines is 1. The third-order valence-corrected chi connectivity index (χ3v) is 6.90. The summed E-state index contributed by atoms with van der Waals surface area (Å²) in [7, 11) is -1.69. The summed E-state index contributed by atoms with van der Waals surface area (Å²) in [4.78, 5) is 30.9. The second-order valence-corrected chi connectivity index (χ2v) is 9.18. The molecule has 1 N–H and O–H groups in total. The van der Waals surface area contributed by atoms with Crippen molar-refractivity contribution in [1.29, 1.82) is 0 Å². The minimum atomic E-state index is -3.65. The van der Waals surface area contributed by atoms with Crippen LogP contribution in [0.2, 0.25) is 0 Å². The Morgan fingerprint density at radius 2 is 1.84 bits per heavy atom. The number of carbonyl (C=O) groups excluding carboxylic acids is 2. The number of piperazine rings is 1. The van der Waals surface area contributed by atoms with Crippen molar-refractivity contribution in [3.8, 4) is 0 Å². The van der Waals surface area contributed by atoms with Gasteiger partial charge >= 0.3 is 5.97 Å². The predicted molar refractivity (Wildman–Crippen MR) is 116 cm³/mol. The largest absolute Gasteiger partial charge is 0.462 e. The number of benzene rings is 1. The topological polar surface area (TPSA) is 109 Å². The van der Waals surface area contributed by atoms with E-state index < -0.39 is 21.9 Å². The van der Waals surface area contributed by atoms with E-state index in [0.717, 1.165) is 0 Å². The van der Waals surface area contributed by atoms with Crippen LogP contribution in [-0.2, 0) is 14.8 Å². The molecule has 0 aliphatic carbocycles. The summed E-state index contributed by atoms with van der Waals surface area (Å²) in [6.45, 7) is 5.75. The van der Waals surface area contributed by atoms with Crippen LogP contribution in [0.3, 0.4) is 0 Å². The number of pyridine rings is 1. The molecule has 1 aromatic heterocycles. The molecule has 166 valence electrons. The lowest BCUT2D eigenvalue weighted by Crippen LogP contribution is -2.47. The summed E-state index contributed by atoms with van der Waals surface area (Å²) in [6.07, 6.45) is 0. The molecule has 1 amide bonds. The highest BCUT2D eigenvalue weighted by molar-refractivity contribution is 7.89. The van der Waals surface area contributed by atoms with Gasteiger partial charge in [-0.05, 0) is 51.2 Å². The number of aryl methyl sites for hydroxylation is 1. The molecule has 2 heterocycles. The first-order valence-corrected chi connectivity index (χ1v) is 11.4. The number of nitrogens with one attached hydrogen (secondary N) is 1. The Hall–Kier alpha value is -2.82. The first-order valence-electron chi connectivity index (χ1n) is 9.97. The van der Waals surface area contributed by atoms with Crippen molar-refractivity contribution in [1.82, 2.24) is 14.2 Å². The quantitative estimate of drug-likeness (QED) is 0.674. The Labute approximate surface area is 182 Å². The van der Waals surface area contributed by atoms with Crippen LogP contribution in [0.15, 0.2) is 41.3 Å². The molecule has 0 spiro atoms. The zero-order valence-electron chi connectivity index (χ0n) is 17.8. The Morgan fingerprint density at radius 3 is 2.48 bits per heavy atom. The molecule has 0 radical (unpaired) electrons. The van der Waals surface area contributed by atoms with Crippen LogP contribution < -0.4 is 5.32 Å². The van der Waals surface area contributed by atoms with E-state index in [9.17, 15) is 18.0 Å². The van der Waals surface area contributed by atoms with Crippen LogP contribution in [0.25, 0.3) is 0 Å². The number of esters is 1. The van der Waals surface area contributed by atoms with Crippen LogP contribution in [-0.4, -0.2) is 74.3 Å². The zero-order chi connectivity index (χ0) is 22.6. The number of amides is 1. The average Bonchev–Trinajstić information content (AvgIpc) is 2.74. The summed E-state index contributed by atoms with van der Waals surface area (Å²) in [6, 6.07) is 9.07. The third-order valence-electron chi connectivity index (χ3n) is 5.01. The van der Waals surface area contributed by atoms with E-state index in [4.69, 9.17) is 4.74 Å². The number of hydrogen-bond acceptors (Lipinski definition) is 7. The van der Waals surface area contributed by atoms with Crippen molar-refractivity contribution in [2.45, 2.75) is 18.7 Å². The number of carbonyl (C=O) groups is 2. The van der Waals surface area contributed by atoms with Crippen molar-refractivity contribution >= 4 is 27.6 Å². The molecule has 1 aromatic carbocycles. The predicted octanol–water partition coefficient (Wildman–Crippen LogP) is 1.76. The Balaban J connectivity index is 1.76. The van der Waals surface area contributed by atoms with E-state index >= 15 is 0 Å². The van der Waals surface area contributed by atoms with E-state index in [0.29, 0.717) is 43.1 Å². The van der Waals surface area contributed by atoms with Gasteiger partial charge in [-0.2, -0.15) is 4.31 Å². The van der Waals surface area contributed by atoms with E-state index in [1.165, 1.54) is 28.6 Å². The highest BCUT2D eigenvalue weighted by Gasteiger charge is 2.27. The fraction of sp³-hybridized carbons (Fsp3) is 0.381. The number of nitrogens with zero attached hydrogens (tertiary/aromatic N) is 3. The van der Waals surface area contributed by atoms with Gasteiger partial charge in [-0.3, -0.25) is 4.79 Å². The molecule has 0 atom stereocenters. The Morgan fingerprint density at radius 1 is 1.13 bits per heavy atom. The fourth-order valence-electron chi connectivity index (χ4n) is 3.22. The van der Waals surface area contributed by atoms with E-state index in [1.807, 2.05) is 7.05 Å². The minimum absolute atomic E-state index is 0.109.